The number of amides is 1. The third-order valence-electron chi connectivity index (χ3n) is 4.63. The highest BCUT2D eigenvalue weighted by molar-refractivity contribution is 6.31. The summed E-state index contributed by atoms with van der Waals surface area (Å²) < 4.78 is 1.64. The van der Waals surface area contributed by atoms with E-state index in [0.29, 0.717) is 31.5 Å². The Kier molecular flexibility index (Phi) is 5.41. The predicted molar refractivity (Wildman–Crippen MR) is 95.8 cm³/mol. The van der Waals surface area contributed by atoms with Crippen molar-refractivity contribution in [3.63, 3.8) is 0 Å². The van der Waals surface area contributed by atoms with Crippen molar-refractivity contribution in [2.75, 3.05) is 13.1 Å². The van der Waals surface area contributed by atoms with Crippen LogP contribution >= 0.6 is 11.6 Å². The molecular formula is C17H17ClN4O5. The number of nitrogens with zero attached hydrogens (tertiary/aromatic N) is 4. The molecule has 1 saturated heterocycles. The van der Waals surface area contributed by atoms with Crippen molar-refractivity contribution in [1.29, 1.82) is 0 Å². The number of piperidine rings is 1. The summed E-state index contributed by atoms with van der Waals surface area (Å²) in [5.41, 5.74) is 0.575. The first-order valence-corrected chi connectivity index (χ1v) is 8.71. The zero-order valence-corrected chi connectivity index (χ0v) is 15.0. The van der Waals surface area contributed by atoms with Crippen molar-refractivity contribution < 1.29 is 19.6 Å². The van der Waals surface area contributed by atoms with Crippen LogP contribution in [0.15, 0.2) is 30.6 Å². The van der Waals surface area contributed by atoms with Crippen molar-refractivity contribution in [3.8, 4) is 0 Å². The van der Waals surface area contributed by atoms with Gasteiger partial charge in [0.15, 0.2) is 0 Å². The van der Waals surface area contributed by atoms with Crippen LogP contribution < -0.4 is 0 Å². The molecule has 142 valence electrons. The highest BCUT2D eigenvalue weighted by atomic mass is 35.5. The second-order valence-electron chi connectivity index (χ2n) is 6.34. The monoisotopic (exact) mass is 392 g/mol. The van der Waals surface area contributed by atoms with Crippen LogP contribution in [0.1, 0.15) is 34.8 Å². The van der Waals surface area contributed by atoms with Gasteiger partial charge in [0.2, 0.25) is 5.91 Å². The number of hydrogen-bond acceptors (Lipinski definition) is 5. The van der Waals surface area contributed by atoms with Gasteiger partial charge in [0.25, 0.3) is 5.69 Å². The van der Waals surface area contributed by atoms with Crippen molar-refractivity contribution in [1.82, 2.24) is 14.7 Å². The average Bonchev–Trinajstić information content (AvgIpc) is 3.14. The lowest BCUT2D eigenvalue weighted by Gasteiger charge is -2.32. The molecule has 2 heterocycles. The number of rotatable bonds is 5. The minimum Gasteiger partial charge on any atom is -0.478 e. The number of carbonyl (C=O) groups is 2. The molecule has 0 unspecified atom stereocenters. The van der Waals surface area contributed by atoms with E-state index < -0.39 is 10.9 Å². The van der Waals surface area contributed by atoms with Crippen LogP contribution in [0.3, 0.4) is 0 Å². The van der Waals surface area contributed by atoms with Gasteiger partial charge in [-0.3, -0.25) is 19.6 Å². The fourth-order valence-corrected chi connectivity index (χ4v) is 3.34. The van der Waals surface area contributed by atoms with Gasteiger partial charge in [0.1, 0.15) is 0 Å². The van der Waals surface area contributed by atoms with Crippen LogP contribution in [0, 0.1) is 10.1 Å². The van der Waals surface area contributed by atoms with Crippen LogP contribution in [0.4, 0.5) is 5.69 Å². The second kappa shape index (κ2) is 7.75. The third kappa shape index (κ3) is 4.25. The van der Waals surface area contributed by atoms with E-state index in [1.165, 1.54) is 30.6 Å². The van der Waals surface area contributed by atoms with Crippen molar-refractivity contribution in [3.05, 3.63) is 56.9 Å². The number of aromatic carboxylic acids is 1. The molecule has 1 amide bonds. The fraction of sp³-hybridized carbons (Fsp3) is 0.353. The molecule has 0 radical (unpaired) electrons. The Morgan fingerprint density at radius 3 is 2.59 bits per heavy atom. The Hall–Kier alpha value is -2.94. The van der Waals surface area contributed by atoms with Gasteiger partial charge in [0.05, 0.1) is 34.2 Å². The Bertz CT molecular complexity index is 889. The Morgan fingerprint density at radius 1 is 1.33 bits per heavy atom. The van der Waals surface area contributed by atoms with Crippen molar-refractivity contribution in [2.45, 2.75) is 25.3 Å². The molecule has 0 spiro atoms. The molecule has 0 aliphatic carbocycles. The summed E-state index contributed by atoms with van der Waals surface area (Å²) >= 11 is 6.05. The molecule has 10 heteroatoms. The molecule has 0 bridgehead atoms. The van der Waals surface area contributed by atoms with Crippen LogP contribution in [0.2, 0.25) is 5.02 Å². The van der Waals surface area contributed by atoms with Crippen LogP contribution in [0.5, 0.6) is 0 Å². The largest absolute Gasteiger partial charge is 0.478 e. The van der Waals surface area contributed by atoms with Crippen molar-refractivity contribution in [2.24, 2.45) is 0 Å². The maximum Gasteiger partial charge on any atom is 0.338 e. The Morgan fingerprint density at radius 2 is 2.04 bits per heavy atom. The minimum absolute atomic E-state index is 0.0464. The molecule has 9 nitrogen and oxygen atoms in total. The lowest BCUT2D eigenvalue weighted by molar-refractivity contribution is -0.384. The topological polar surface area (TPSA) is 119 Å². The number of hydrogen-bond donors (Lipinski definition) is 1. The molecular weight excluding hydrogens is 376 g/mol. The van der Waals surface area contributed by atoms with E-state index in [1.54, 1.807) is 9.58 Å². The molecule has 1 aliphatic heterocycles. The van der Waals surface area contributed by atoms with E-state index in [-0.39, 0.29) is 34.6 Å². The number of benzene rings is 1. The van der Waals surface area contributed by atoms with E-state index >= 15 is 0 Å². The highest BCUT2D eigenvalue weighted by Gasteiger charge is 2.25. The number of nitro groups is 1. The summed E-state index contributed by atoms with van der Waals surface area (Å²) in [5, 5.41) is 24.0. The SMILES string of the molecule is O=C(O)c1cnn(C2CCN(C(=O)Cc3ccc([N+](=O)[O-])cc3Cl)CC2)c1. The number of nitro benzene ring substituents is 1. The van der Waals surface area contributed by atoms with Gasteiger partial charge in [-0.1, -0.05) is 17.7 Å². The average molecular weight is 393 g/mol. The number of carbonyl (C=O) groups excluding carboxylic acids is 1. The van der Waals surface area contributed by atoms with Gasteiger partial charge < -0.3 is 10.0 Å². The lowest BCUT2D eigenvalue weighted by Crippen LogP contribution is -2.40. The zero-order valence-electron chi connectivity index (χ0n) is 14.2. The summed E-state index contributed by atoms with van der Waals surface area (Å²) in [4.78, 5) is 35.4. The Labute approximate surface area is 159 Å². The molecule has 1 aromatic heterocycles. The quantitative estimate of drug-likeness (QED) is 0.617. The standard InChI is InChI=1S/C17H17ClN4O5/c18-15-8-14(22(26)27)2-1-11(15)7-16(23)20-5-3-13(4-6-20)21-10-12(9-19-21)17(24)25/h1-2,8-10,13H,3-7H2,(H,24,25). The van der Waals surface area contributed by atoms with Crippen LogP contribution in [-0.4, -0.2) is 49.7 Å². The lowest BCUT2D eigenvalue weighted by atomic mass is 10.0. The maximum absolute atomic E-state index is 12.5. The van der Waals surface area contributed by atoms with Crippen LogP contribution in [0.25, 0.3) is 0 Å². The van der Waals surface area contributed by atoms with E-state index in [0.717, 1.165) is 0 Å². The van der Waals surface area contributed by atoms with Crippen molar-refractivity contribution >= 4 is 29.2 Å². The minimum atomic E-state index is -1.02. The van der Waals surface area contributed by atoms with Crippen LogP contribution in [-0.2, 0) is 11.2 Å². The summed E-state index contributed by atoms with van der Waals surface area (Å²) in [6.07, 6.45) is 4.23. The molecule has 2 aromatic rings. The van der Waals surface area contributed by atoms with E-state index in [4.69, 9.17) is 16.7 Å². The van der Waals surface area contributed by atoms with Gasteiger partial charge in [0, 0.05) is 31.4 Å². The smallest absolute Gasteiger partial charge is 0.338 e. The fourth-order valence-electron chi connectivity index (χ4n) is 3.10. The molecule has 1 aliphatic rings. The first-order chi connectivity index (χ1) is 12.8. The molecule has 3 rings (SSSR count). The molecule has 0 saturated carbocycles. The summed E-state index contributed by atoms with van der Waals surface area (Å²) in [5.74, 6) is -1.12. The molecule has 0 atom stereocenters. The molecule has 1 N–H and O–H groups in total. The molecule has 1 fully saturated rings. The van der Waals surface area contributed by atoms with Gasteiger partial charge in [-0.05, 0) is 18.4 Å². The summed E-state index contributed by atoms with van der Waals surface area (Å²) in [6.45, 7) is 1.05. The van der Waals surface area contributed by atoms with E-state index in [2.05, 4.69) is 5.10 Å². The number of likely N-dealkylation sites (tertiary alicyclic amines) is 1. The molecule has 27 heavy (non-hydrogen) atoms. The number of halogens is 1. The van der Waals surface area contributed by atoms with Gasteiger partial charge >= 0.3 is 5.97 Å². The second-order valence-corrected chi connectivity index (χ2v) is 6.74. The maximum atomic E-state index is 12.5. The third-order valence-corrected chi connectivity index (χ3v) is 4.98. The number of carboxylic acids is 1. The molecule has 1 aromatic carbocycles. The van der Waals surface area contributed by atoms with E-state index in [1.807, 2.05) is 0 Å². The summed E-state index contributed by atoms with van der Waals surface area (Å²) in [6, 6.07) is 4.12. The first-order valence-electron chi connectivity index (χ1n) is 8.33. The number of carboxylic acid groups (broad SMARTS) is 1. The zero-order chi connectivity index (χ0) is 19.6. The highest BCUT2D eigenvalue weighted by Crippen LogP contribution is 2.25. The van der Waals surface area contributed by atoms with Gasteiger partial charge in [-0.2, -0.15) is 5.10 Å². The normalized spacial score (nSPS) is 14.9. The first kappa shape index (κ1) is 18.8. The van der Waals surface area contributed by atoms with Gasteiger partial charge in [-0.15, -0.1) is 0 Å². The Balaban J connectivity index is 1.58. The van der Waals surface area contributed by atoms with Gasteiger partial charge in [-0.25, -0.2) is 4.79 Å². The summed E-state index contributed by atoms with van der Waals surface area (Å²) in [7, 11) is 0. The number of non-ortho nitro benzene ring substituents is 1. The predicted octanol–water partition coefficient (Wildman–Crippen LogP) is 2.55. The van der Waals surface area contributed by atoms with E-state index in [9.17, 15) is 19.7 Å². The number of aromatic nitrogens is 2.